The molecule has 100 valence electrons. The Kier molecular flexibility index (Phi) is 4.79. The molecule has 1 aliphatic heterocycles. The van der Waals surface area contributed by atoms with Gasteiger partial charge in [0.25, 0.3) is 0 Å². The van der Waals surface area contributed by atoms with Crippen molar-refractivity contribution in [2.75, 3.05) is 39.6 Å². The van der Waals surface area contributed by atoms with Crippen molar-refractivity contribution in [3.8, 4) is 0 Å². The van der Waals surface area contributed by atoms with Gasteiger partial charge in [-0.25, -0.2) is 0 Å². The molecule has 1 heterocycles. The predicted molar refractivity (Wildman–Crippen MR) is 66.0 cm³/mol. The van der Waals surface area contributed by atoms with E-state index < -0.39 is 0 Å². The van der Waals surface area contributed by atoms with Gasteiger partial charge in [-0.05, 0) is 31.7 Å². The highest BCUT2D eigenvalue weighted by molar-refractivity contribution is 5.00. The molecule has 0 aromatic rings. The zero-order valence-corrected chi connectivity index (χ0v) is 10.8. The number of aliphatic hydroxyl groups excluding tert-OH is 1. The van der Waals surface area contributed by atoms with Gasteiger partial charge in [-0.2, -0.15) is 0 Å². The molecule has 2 aliphatic rings. The molecule has 0 bridgehead atoms. The van der Waals surface area contributed by atoms with Gasteiger partial charge in [0.2, 0.25) is 0 Å². The van der Waals surface area contributed by atoms with Crippen molar-refractivity contribution >= 4 is 0 Å². The van der Waals surface area contributed by atoms with Crippen molar-refractivity contribution in [2.24, 2.45) is 11.8 Å². The molecule has 0 spiro atoms. The Morgan fingerprint density at radius 2 is 2.24 bits per heavy atom. The Labute approximate surface area is 104 Å². The molecule has 0 amide bonds. The summed E-state index contributed by atoms with van der Waals surface area (Å²) in [4.78, 5) is 0. The molecule has 2 rings (SSSR count). The van der Waals surface area contributed by atoms with Gasteiger partial charge >= 0.3 is 0 Å². The SMILES string of the molecule is CCNC(CO)(COCC1CCOC1)C1CC1. The fourth-order valence-corrected chi connectivity index (χ4v) is 2.65. The fraction of sp³-hybridized carbons (Fsp3) is 1.00. The predicted octanol–water partition coefficient (Wildman–Crippen LogP) is 0.790. The van der Waals surface area contributed by atoms with Gasteiger partial charge in [0.05, 0.1) is 32.0 Å². The molecule has 0 aromatic carbocycles. The molecule has 1 aliphatic carbocycles. The van der Waals surface area contributed by atoms with E-state index in [1.54, 1.807) is 0 Å². The fourth-order valence-electron chi connectivity index (χ4n) is 2.65. The summed E-state index contributed by atoms with van der Waals surface area (Å²) in [5, 5.41) is 13.1. The highest BCUT2D eigenvalue weighted by atomic mass is 16.5. The molecule has 0 aromatic heterocycles. The molecule has 0 radical (unpaired) electrons. The molecule has 2 N–H and O–H groups in total. The second-order valence-corrected chi connectivity index (χ2v) is 5.36. The van der Waals surface area contributed by atoms with Crippen LogP contribution in [0, 0.1) is 11.8 Å². The summed E-state index contributed by atoms with van der Waals surface area (Å²) in [6, 6.07) is 0. The minimum absolute atomic E-state index is 0.173. The number of aliphatic hydroxyl groups is 1. The maximum Gasteiger partial charge on any atom is 0.0679 e. The van der Waals surface area contributed by atoms with E-state index in [1.807, 2.05) is 0 Å². The van der Waals surface area contributed by atoms with Gasteiger partial charge in [-0.3, -0.25) is 0 Å². The van der Waals surface area contributed by atoms with Crippen LogP contribution in [-0.2, 0) is 9.47 Å². The number of hydrogen-bond acceptors (Lipinski definition) is 4. The topological polar surface area (TPSA) is 50.7 Å². The molecule has 2 fully saturated rings. The van der Waals surface area contributed by atoms with Crippen LogP contribution in [0.2, 0.25) is 0 Å². The van der Waals surface area contributed by atoms with Crippen LogP contribution in [0.25, 0.3) is 0 Å². The van der Waals surface area contributed by atoms with E-state index in [-0.39, 0.29) is 12.1 Å². The van der Waals surface area contributed by atoms with Gasteiger partial charge in [-0.1, -0.05) is 6.92 Å². The first-order chi connectivity index (χ1) is 8.30. The van der Waals surface area contributed by atoms with Crippen molar-refractivity contribution in [1.82, 2.24) is 5.32 Å². The summed E-state index contributed by atoms with van der Waals surface area (Å²) in [7, 11) is 0. The number of rotatable bonds is 8. The lowest BCUT2D eigenvalue weighted by atomic mass is 9.95. The first kappa shape index (κ1) is 13.3. The molecular formula is C13H25NO3. The Morgan fingerprint density at radius 1 is 1.41 bits per heavy atom. The highest BCUT2D eigenvalue weighted by Gasteiger charge is 2.44. The number of likely N-dealkylation sites (N-methyl/N-ethyl adjacent to an activating group) is 1. The largest absolute Gasteiger partial charge is 0.394 e. The Balaban J connectivity index is 1.75. The maximum atomic E-state index is 9.64. The van der Waals surface area contributed by atoms with Crippen molar-refractivity contribution in [3.63, 3.8) is 0 Å². The summed E-state index contributed by atoms with van der Waals surface area (Å²) in [5.41, 5.74) is -0.200. The van der Waals surface area contributed by atoms with Crippen LogP contribution in [-0.4, -0.2) is 50.2 Å². The molecule has 1 saturated carbocycles. The van der Waals surface area contributed by atoms with E-state index >= 15 is 0 Å². The monoisotopic (exact) mass is 243 g/mol. The molecule has 1 saturated heterocycles. The third kappa shape index (κ3) is 3.41. The van der Waals surface area contributed by atoms with Crippen LogP contribution in [0.1, 0.15) is 26.2 Å². The van der Waals surface area contributed by atoms with Gasteiger partial charge < -0.3 is 19.9 Å². The summed E-state index contributed by atoms with van der Waals surface area (Å²) in [6.45, 7) is 6.22. The Hall–Kier alpha value is -0.160. The van der Waals surface area contributed by atoms with Crippen molar-refractivity contribution < 1.29 is 14.6 Å². The molecule has 17 heavy (non-hydrogen) atoms. The van der Waals surface area contributed by atoms with Gasteiger partial charge in [-0.15, -0.1) is 0 Å². The normalized spacial score (nSPS) is 28.2. The van der Waals surface area contributed by atoms with Gasteiger partial charge in [0, 0.05) is 12.5 Å². The first-order valence-electron chi connectivity index (χ1n) is 6.82. The summed E-state index contributed by atoms with van der Waals surface area (Å²) < 4.78 is 11.2. The van der Waals surface area contributed by atoms with E-state index in [9.17, 15) is 5.11 Å². The van der Waals surface area contributed by atoms with Crippen LogP contribution in [0.15, 0.2) is 0 Å². The quantitative estimate of drug-likeness (QED) is 0.662. The lowest BCUT2D eigenvalue weighted by Gasteiger charge is -2.33. The van der Waals surface area contributed by atoms with E-state index in [0.29, 0.717) is 18.4 Å². The van der Waals surface area contributed by atoms with E-state index in [1.165, 1.54) is 12.8 Å². The number of hydrogen-bond donors (Lipinski definition) is 2. The van der Waals surface area contributed by atoms with Crippen LogP contribution in [0.4, 0.5) is 0 Å². The van der Waals surface area contributed by atoms with E-state index in [0.717, 1.165) is 32.8 Å². The highest BCUT2D eigenvalue weighted by Crippen LogP contribution is 2.39. The lowest BCUT2D eigenvalue weighted by Crippen LogP contribution is -2.54. The second kappa shape index (κ2) is 6.14. The summed E-state index contributed by atoms with van der Waals surface area (Å²) >= 11 is 0. The zero-order valence-electron chi connectivity index (χ0n) is 10.8. The second-order valence-electron chi connectivity index (χ2n) is 5.36. The smallest absolute Gasteiger partial charge is 0.0679 e. The number of nitrogens with one attached hydrogen (secondary N) is 1. The van der Waals surface area contributed by atoms with E-state index in [4.69, 9.17) is 9.47 Å². The zero-order chi connectivity index (χ0) is 12.1. The van der Waals surface area contributed by atoms with Crippen LogP contribution in [0.5, 0.6) is 0 Å². The van der Waals surface area contributed by atoms with Crippen LogP contribution < -0.4 is 5.32 Å². The average Bonchev–Trinajstić information content (AvgIpc) is 3.07. The van der Waals surface area contributed by atoms with Crippen LogP contribution in [0.3, 0.4) is 0 Å². The summed E-state index contributed by atoms with van der Waals surface area (Å²) in [6.07, 6.45) is 3.53. The molecular weight excluding hydrogens is 218 g/mol. The maximum absolute atomic E-state index is 9.64. The van der Waals surface area contributed by atoms with Gasteiger partial charge in [0.15, 0.2) is 0 Å². The Morgan fingerprint density at radius 3 is 2.76 bits per heavy atom. The minimum Gasteiger partial charge on any atom is -0.394 e. The summed E-state index contributed by atoms with van der Waals surface area (Å²) in [5.74, 6) is 1.14. The van der Waals surface area contributed by atoms with Crippen molar-refractivity contribution in [3.05, 3.63) is 0 Å². The molecule has 2 atom stereocenters. The molecule has 4 nitrogen and oxygen atoms in total. The first-order valence-corrected chi connectivity index (χ1v) is 6.82. The van der Waals surface area contributed by atoms with Crippen molar-refractivity contribution in [2.45, 2.75) is 31.7 Å². The Bertz CT molecular complexity index is 227. The third-order valence-electron chi connectivity index (χ3n) is 3.91. The molecule has 4 heteroatoms. The lowest BCUT2D eigenvalue weighted by molar-refractivity contribution is 0.00922. The van der Waals surface area contributed by atoms with Gasteiger partial charge in [0.1, 0.15) is 0 Å². The standard InChI is InChI=1S/C13H25NO3/c1-2-14-13(9-15,12-3-4-12)10-17-8-11-5-6-16-7-11/h11-12,14-15H,2-10H2,1H3. The molecule has 2 unspecified atom stereocenters. The van der Waals surface area contributed by atoms with E-state index in [2.05, 4.69) is 12.2 Å². The third-order valence-corrected chi connectivity index (χ3v) is 3.91. The average molecular weight is 243 g/mol. The minimum atomic E-state index is -0.200. The van der Waals surface area contributed by atoms with Crippen LogP contribution >= 0.6 is 0 Å². The van der Waals surface area contributed by atoms with Crippen molar-refractivity contribution in [1.29, 1.82) is 0 Å². The number of ether oxygens (including phenoxy) is 2.